The average molecular weight is 193 g/mol. The number of hydrogen-bond acceptors (Lipinski definition) is 3. The van der Waals surface area contributed by atoms with Crippen LogP contribution in [0.1, 0.15) is 33.4 Å². The number of hydrogen-bond donors (Lipinski definition) is 1. The predicted octanol–water partition coefficient (Wildman–Crippen LogP) is 2.50. The second-order valence-electron chi connectivity index (χ2n) is 3.93. The third-order valence-corrected chi connectivity index (χ3v) is 2.46. The zero-order valence-electron chi connectivity index (χ0n) is 9.41. The molecule has 0 bridgehead atoms. The molecule has 3 heteroatoms. The molecular weight excluding hydrogens is 174 g/mol. The van der Waals surface area contributed by atoms with Gasteiger partial charge in [0.25, 0.3) is 0 Å². The van der Waals surface area contributed by atoms with Gasteiger partial charge in [-0.2, -0.15) is 0 Å². The number of aromatic nitrogens is 2. The standard InChI is InChI=1S/C11H19N3/c1-5-10-6-11(13-7-12-10)14-9(4)8(2)3/h6-9H,5H2,1-4H3,(H,12,13,14). The topological polar surface area (TPSA) is 37.8 Å². The number of aryl methyl sites for hydroxylation is 1. The van der Waals surface area contributed by atoms with E-state index < -0.39 is 0 Å². The highest BCUT2D eigenvalue weighted by molar-refractivity contribution is 5.35. The fourth-order valence-corrected chi connectivity index (χ4v) is 1.07. The van der Waals surface area contributed by atoms with Gasteiger partial charge in [-0.05, 0) is 19.3 Å². The SMILES string of the molecule is CCc1cc(NC(C)C(C)C)ncn1. The smallest absolute Gasteiger partial charge is 0.129 e. The van der Waals surface area contributed by atoms with Gasteiger partial charge >= 0.3 is 0 Å². The molecule has 78 valence electrons. The maximum absolute atomic E-state index is 4.19. The monoisotopic (exact) mass is 193 g/mol. The highest BCUT2D eigenvalue weighted by Gasteiger charge is 2.07. The fraction of sp³-hybridized carbons (Fsp3) is 0.636. The molecule has 0 saturated carbocycles. The van der Waals surface area contributed by atoms with Crippen molar-refractivity contribution in [2.75, 3.05) is 5.32 Å². The second-order valence-corrected chi connectivity index (χ2v) is 3.93. The quantitative estimate of drug-likeness (QED) is 0.798. The zero-order valence-corrected chi connectivity index (χ0v) is 9.41. The Morgan fingerprint density at radius 2 is 2.00 bits per heavy atom. The van der Waals surface area contributed by atoms with Gasteiger partial charge < -0.3 is 5.32 Å². The number of rotatable bonds is 4. The van der Waals surface area contributed by atoms with Crippen molar-refractivity contribution in [2.45, 2.75) is 40.2 Å². The molecule has 0 fully saturated rings. The molecule has 0 aliphatic heterocycles. The van der Waals surface area contributed by atoms with Crippen molar-refractivity contribution in [3.05, 3.63) is 18.1 Å². The van der Waals surface area contributed by atoms with Gasteiger partial charge in [0.2, 0.25) is 0 Å². The minimum absolute atomic E-state index is 0.439. The Balaban J connectivity index is 2.66. The van der Waals surface area contributed by atoms with E-state index in [0.717, 1.165) is 17.9 Å². The first-order valence-electron chi connectivity index (χ1n) is 5.21. The van der Waals surface area contributed by atoms with Crippen LogP contribution in [-0.4, -0.2) is 16.0 Å². The lowest BCUT2D eigenvalue weighted by Gasteiger charge is -2.17. The van der Waals surface area contributed by atoms with Crippen LogP contribution in [0.25, 0.3) is 0 Å². The van der Waals surface area contributed by atoms with Crippen molar-refractivity contribution in [2.24, 2.45) is 5.92 Å². The van der Waals surface area contributed by atoms with E-state index in [1.165, 1.54) is 0 Å². The second kappa shape index (κ2) is 4.94. The molecule has 0 saturated heterocycles. The van der Waals surface area contributed by atoms with Crippen molar-refractivity contribution >= 4 is 5.82 Å². The van der Waals surface area contributed by atoms with Gasteiger partial charge in [-0.1, -0.05) is 20.8 Å². The van der Waals surface area contributed by atoms with Crippen LogP contribution in [0.2, 0.25) is 0 Å². The molecule has 1 aromatic rings. The molecule has 1 heterocycles. The van der Waals surface area contributed by atoms with Crippen LogP contribution in [0.5, 0.6) is 0 Å². The summed E-state index contributed by atoms with van der Waals surface area (Å²) in [4.78, 5) is 8.35. The normalized spacial score (nSPS) is 12.9. The maximum Gasteiger partial charge on any atom is 0.129 e. The van der Waals surface area contributed by atoms with Crippen molar-refractivity contribution in [1.29, 1.82) is 0 Å². The highest BCUT2D eigenvalue weighted by Crippen LogP contribution is 2.10. The first-order valence-corrected chi connectivity index (χ1v) is 5.21. The third-order valence-electron chi connectivity index (χ3n) is 2.46. The summed E-state index contributed by atoms with van der Waals surface area (Å²) in [5.41, 5.74) is 1.08. The number of anilines is 1. The Bertz CT molecular complexity index is 284. The fourth-order valence-electron chi connectivity index (χ4n) is 1.07. The van der Waals surface area contributed by atoms with Crippen LogP contribution < -0.4 is 5.32 Å². The van der Waals surface area contributed by atoms with Crippen molar-refractivity contribution in [1.82, 2.24) is 9.97 Å². The molecule has 1 unspecified atom stereocenters. The van der Waals surface area contributed by atoms with E-state index in [-0.39, 0.29) is 0 Å². The molecule has 1 N–H and O–H groups in total. The molecule has 0 radical (unpaired) electrons. The van der Waals surface area contributed by atoms with Gasteiger partial charge in [0.05, 0.1) is 0 Å². The molecule has 3 nitrogen and oxygen atoms in total. The molecular formula is C11H19N3. The molecule has 0 spiro atoms. The molecule has 1 atom stereocenters. The van der Waals surface area contributed by atoms with E-state index in [9.17, 15) is 0 Å². The lowest BCUT2D eigenvalue weighted by Crippen LogP contribution is -2.22. The van der Waals surface area contributed by atoms with Crippen molar-refractivity contribution < 1.29 is 0 Å². The van der Waals surface area contributed by atoms with E-state index in [2.05, 4.69) is 43.0 Å². The van der Waals surface area contributed by atoms with Crippen LogP contribution in [0.4, 0.5) is 5.82 Å². The largest absolute Gasteiger partial charge is 0.367 e. The summed E-state index contributed by atoms with van der Waals surface area (Å²) in [6.45, 7) is 8.65. The number of nitrogens with zero attached hydrogens (tertiary/aromatic N) is 2. The Kier molecular flexibility index (Phi) is 3.86. The summed E-state index contributed by atoms with van der Waals surface area (Å²) in [6.07, 6.45) is 2.57. The lowest BCUT2D eigenvalue weighted by molar-refractivity contribution is 0.558. The van der Waals surface area contributed by atoms with E-state index in [0.29, 0.717) is 12.0 Å². The Labute approximate surface area is 86.0 Å². The van der Waals surface area contributed by atoms with Crippen LogP contribution in [0.3, 0.4) is 0 Å². The molecule has 0 aliphatic rings. The molecule has 1 rings (SSSR count). The van der Waals surface area contributed by atoms with Crippen LogP contribution in [0.15, 0.2) is 12.4 Å². The van der Waals surface area contributed by atoms with Gasteiger partial charge in [0.1, 0.15) is 12.1 Å². The van der Waals surface area contributed by atoms with Gasteiger partial charge in [0.15, 0.2) is 0 Å². The number of nitrogens with one attached hydrogen (secondary N) is 1. The molecule has 0 amide bonds. The Hall–Kier alpha value is -1.12. The molecule has 0 aliphatic carbocycles. The van der Waals surface area contributed by atoms with E-state index in [4.69, 9.17) is 0 Å². The summed E-state index contributed by atoms with van der Waals surface area (Å²) < 4.78 is 0. The highest BCUT2D eigenvalue weighted by atomic mass is 15.0. The summed E-state index contributed by atoms with van der Waals surface area (Å²) in [5, 5.41) is 3.36. The van der Waals surface area contributed by atoms with Crippen molar-refractivity contribution in [3.63, 3.8) is 0 Å². The lowest BCUT2D eigenvalue weighted by atomic mass is 10.1. The maximum atomic E-state index is 4.19. The summed E-state index contributed by atoms with van der Waals surface area (Å²) >= 11 is 0. The Morgan fingerprint density at radius 1 is 1.29 bits per heavy atom. The van der Waals surface area contributed by atoms with Crippen LogP contribution >= 0.6 is 0 Å². The predicted molar refractivity (Wildman–Crippen MR) is 59.3 cm³/mol. The van der Waals surface area contributed by atoms with E-state index in [1.807, 2.05) is 6.07 Å². The van der Waals surface area contributed by atoms with E-state index in [1.54, 1.807) is 6.33 Å². The Morgan fingerprint density at radius 3 is 2.57 bits per heavy atom. The minimum atomic E-state index is 0.439. The van der Waals surface area contributed by atoms with E-state index >= 15 is 0 Å². The first-order chi connectivity index (χ1) is 6.63. The minimum Gasteiger partial charge on any atom is -0.367 e. The summed E-state index contributed by atoms with van der Waals surface area (Å²) in [5.74, 6) is 1.54. The molecule has 14 heavy (non-hydrogen) atoms. The van der Waals surface area contributed by atoms with Crippen molar-refractivity contribution in [3.8, 4) is 0 Å². The third kappa shape index (κ3) is 2.98. The molecule has 0 aromatic carbocycles. The first kappa shape index (κ1) is 11.0. The van der Waals surface area contributed by atoms with Crippen LogP contribution in [-0.2, 0) is 6.42 Å². The van der Waals surface area contributed by atoms with Gasteiger partial charge in [-0.15, -0.1) is 0 Å². The zero-order chi connectivity index (χ0) is 10.6. The van der Waals surface area contributed by atoms with Gasteiger partial charge in [0, 0.05) is 17.8 Å². The summed E-state index contributed by atoms with van der Waals surface area (Å²) in [7, 11) is 0. The van der Waals surface area contributed by atoms with Gasteiger partial charge in [-0.25, -0.2) is 9.97 Å². The average Bonchev–Trinajstić information content (AvgIpc) is 2.18. The van der Waals surface area contributed by atoms with Gasteiger partial charge in [-0.3, -0.25) is 0 Å². The van der Waals surface area contributed by atoms with Crippen LogP contribution in [0, 0.1) is 5.92 Å². The summed E-state index contributed by atoms with van der Waals surface area (Å²) in [6, 6.07) is 2.45. The molecule has 1 aromatic heterocycles.